The Morgan fingerprint density at radius 2 is 1.51 bits per heavy atom. The fraction of sp³-hybridized carbons (Fsp3) is 0.533. The first-order chi connectivity index (χ1) is 18.0. The van der Waals surface area contributed by atoms with Crippen LogP contribution < -0.4 is 0 Å². The second-order valence-electron chi connectivity index (χ2n) is 10.5. The lowest BCUT2D eigenvalue weighted by Gasteiger charge is -2.54. The second-order valence-corrected chi connectivity index (χ2v) is 10.5. The standard InChI is InChI=1S/C30H42N4O3/c1-2-18-34-28(35)32(19-9-20-33(29(36)37)25-27-12-7-4-8-13-27)24-17-30(34)15-22-31(23-16-30)21-14-26-10-5-3-6-11-26/h3-8,10-13H,2,9,14-25H2,1H3,(H,36,37). The average Bonchev–Trinajstić information content (AvgIpc) is 2.92. The van der Waals surface area contributed by atoms with Crippen LogP contribution in [0.2, 0.25) is 0 Å². The van der Waals surface area contributed by atoms with Crippen molar-refractivity contribution in [3.05, 3.63) is 71.8 Å². The highest BCUT2D eigenvalue weighted by atomic mass is 16.4. The molecule has 0 unspecified atom stereocenters. The lowest BCUT2D eigenvalue weighted by molar-refractivity contribution is -0.00281. The molecule has 7 heteroatoms. The number of carbonyl (C=O) groups is 2. The third-order valence-corrected chi connectivity index (χ3v) is 8.06. The summed E-state index contributed by atoms with van der Waals surface area (Å²) in [4.78, 5) is 33.5. The number of hydrogen-bond acceptors (Lipinski definition) is 3. The molecule has 1 N–H and O–H groups in total. The van der Waals surface area contributed by atoms with E-state index >= 15 is 0 Å². The minimum atomic E-state index is -0.917. The number of urea groups is 1. The average molecular weight is 507 g/mol. The zero-order valence-electron chi connectivity index (χ0n) is 22.2. The Hall–Kier alpha value is -3.06. The van der Waals surface area contributed by atoms with Gasteiger partial charge in [-0.1, -0.05) is 67.6 Å². The van der Waals surface area contributed by atoms with E-state index in [9.17, 15) is 14.7 Å². The quantitative estimate of drug-likeness (QED) is 0.457. The van der Waals surface area contributed by atoms with Crippen LogP contribution >= 0.6 is 0 Å². The summed E-state index contributed by atoms with van der Waals surface area (Å²) in [5.74, 6) is 0. The molecule has 0 radical (unpaired) electrons. The number of likely N-dealkylation sites (tertiary alicyclic amines) is 1. The molecule has 2 aliphatic rings. The lowest BCUT2D eigenvalue weighted by atomic mass is 9.80. The zero-order valence-corrected chi connectivity index (χ0v) is 22.2. The van der Waals surface area contributed by atoms with E-state index in [0.29, 0.717) is 26.1 Å². The summed E-state index contributed by atoms with van der Waals surface area (Å²) in [5.41, 5.74) is 2.32. The molecule has 0 saturated carbocycles. The molecule has 200 valence electrons. The van der Waals surface area contributed by atoms with E-state index in [0.717, 1.165) is 70.4 Å². The molecule has 2 aliphatic heterocycles. The monoisotopic (exact) mass is 506 g/mol. The second kappa shape index (κ2) is 13.0. The van der Waals surface area contributed by atoms with Gasteiger partial charge in [0.2, 0.25) is 0 Å². The Bertz CT molecular complexity index is 992. The van der Waals surface area contributed by atoms with Crippen LogP contribution in [-0.2, 0) is 13.0 Å². The number of nitrogens with zero attached hydrogens (tertiary/aromatic N) is 4. The molecular formula is C30H42N4O3. The fourth-order valence-electron chi connectivity index (χ4n) is 5.85. The minimum Gasteiger partial charge on any atom is -0.465 e. The van der Waals surface area contributed by atoms with Crippen molar-refractivity contribution < 1.29 is 14.7 Å². The summed E-state index contributed by atoms with van der Waals surface area (Å²) < 4.78 is 0. The highest BCUT2D eigenvalue weighted by molar-refractivity contribution is 5.76. The first-order valence-corrected chi connectivity index (χ1v) is 13.9. The van der Waals surface area contributed by atoms with Crippen molar-refractivity contribution in [3.8, 4) is 0 Å². The number of amides is 3. The number of benzene rings is 2. The van der Waals surface area contributed by atoms with E-state index in [1.54, 1.807) is 0 Å². The summed E-state index contributed by atoms with van der Waals surface area (Å²) in [6.45, 7) is 8.21. The van der Waals surface area contributed by atoms with Crippen LogP contribution in [0.3, 0.4) is 0 Å². The topological polar surface area (TPSA) is 67.3 Å². The molecule has 7 nitrogen and oxygen atoms in total. The Kier molecular flexibility index (Phi) is 9.45. The van der Waals surface area contributed by atoms with Gasteiger partial charge in [-0.3, -0.25) is 0 Å². The Balaban J connectivity index is 1.28. The van der Waals surface area contributed by atoms with Crippen molar-refractivity contribution in [2.75, 3.05) is 45.8 Å². The lowest BCUT2D eigenvalue weighted by Crippen LogP contribution is -2.65. The van der Waals surface area contributed by atoms with Gasteiger partial charge in [0.15, 0.2) is 0 Å². The number of hydrogen-bond donors (Lipinski definition) is 1. The SMILES string of the molecule is CCCN1C(=O)N(CCCN(Cc2ccccc2)C(=O)O)CCC12CCN(CCc1ccccc1)CC2. The van der Waals surface area contributed by atoms with Gasteiger partial charge in [-0.05, 0) is 49.7 Å². The molecule has 0 bridgehead atoms. The molecular weight excluding hydrogens is 464 g/mol. The molecule has 2 aromatic carbocycles. The summed E-state index contributed by atoms with van der Waals surface area (Å²) in [5, 5.41) is 9.66. The van der Waals surface area contributed by atoms with Crippen LogP contribution in [0.5, 0.6) is 0 Å². The summed E-state index contributed by atoms with van der Waals surface area (Å²) in [7, 11) is 0. The van der Waals surface area contributed by atoms with Gasteiger partial charge in [0.1, 0.15) is 0 Å². The van der Waals surface area contributed by atoms with Crippen LogP contribution in [0.25, 0.3) is 0 Å². The van der Waals surface area contributed by atoms with Crippen LogP contribution in [-0.4, -0.2) is 88.2 Å². The van der Waals surface area contributed by atoms with Gasteiger partial charge in [-0.25, -0.2) is 9.59 Å². The van der Waals surface area contributed by atoms with Gasteiger partial charge in [-0.15, -0.1) is 0 Å². The fourth-order valence-corrected chi connectivity index (χ4v) is 5.85. The van der Waals surface area contributed by atoms with E-state index < -0.39 is 6.09 Å². The van der Waals surface area contributed by atoms with Gasteiger partial charge < -0.3 is 24.7 Å². The molecule has 37 heavy (non-hydrogen) atoms. The van der Waals surface area contributed by atoms with Crippen molar-refractivity contribution in [3.63, 3.8) is 0 Å². The van der Waals surface area contributed by atoms with E-state index in [4.69, 9.17) is 0 Å². The van der Waals surface area contributed by atoms with Gasteiger partial charge in [0.05, 0.1) is 0 Å². The Morgan fingerprint density at radius 1 is 0.892 bits per heavy atom. The molecule has 4 rings (SSSR count). The highest BCUT2D eigenvalue weighted by Gasteiger charge is 2.46. The van der Waals surface area contributed by atoms with Crippen molar-refractivity contribution in [1.29, 1.82) is 0 Å². The Labute approximate surface area is 221 Å². The van der Waals surface area contributed by atoms with E-state index in [2.05, 4.69) is 47.1 Å². The third kappa shape index (κ3) is 7.04. The summed E-state index contributed by atoms with van der Waals surface area (Å²) in [6.07, 6.45) is 4.80. The first kappa shape index (κ1) is 27.0. The largest absolute Gasteiger partial charge is 0.465 e. The van der Waals surface area contributed by atoms with Gasteiger partial charge in [0.25, 0.3) is 0 Å². The molecule has 0 aliphatic carbocycles. The van der Waals surface area contributed by atoms with Crippen LogP contribution in [0.1, 0.15) is 50.2 Å². The van der Waals surface area contributed by atoms with Crippen LogP contribution in [0.4, 0.5) is 9.59 Å². The van der Waals surface area contributed by atoms with Crippen molar-refractivity contribution in [1.82, 2.24) is 19.6 Å². The van der Waals surface area contributed by atoms with Gasteiger partial charge in [0, 0.05) is 57.9 Å². The van der Waals surface area contributed by atoms with E-state index in [1.807, 2.05) is 35.2 Å². The van der Waals surface area contributed by atoms with Crippen LogP contribution in [0.15, 0.2) is 60.7 Å². The van der Waals surface area contributed by atoms with Crippen molar-refractivity contribution in [2.45, 2.75) is 57.5 Å². The highest BCUT2D eigenvalue weighted by Crippen LogP contribution is 2.37. The molecule has 0 atom stereocenters. The third-order valence-electron chi connectivity index (χ3n) is 8.06. The molecule has 2 heterocycles. The smallest absolute Gasteiger partial charge is 0.407 e. The molecule has 2 saturated heterocycles. The predicted molar refractivity (Wildman–Crippen MR) is 147 cm³/mol. The summed E-state index contributed by atoms with van der Waals surface area (Å²) in [6, 6.07) is 20.5. The normalized spacial score (nSPS) is 17.8. The van der Waals surface area contributed by atoms with Gasteiger partial charge in [-0.2, -0.15) is 0 Å². The van der Waals surface area contributed by atoms with Crippen molar-refractivity contribution >= 4 is 12.1 Å². The molecule has 1 spiro atoms. The van der Waals surface area contributed by atoms with E-state index in [-0.39, 0.29) is 11.6 Å². The summed E-state index contributed by atoms with van der Waals surface area (Å²) >= 11 is 0. The zero-order chi connectivity index (χ0) is 26.1. The number of carboxylic acid groups (broad SMARTS) is 1. The minimum absolute atomic E-state index is 0.0345. The number of piperidine rings is 1. The van der Waals surface area contributed by atoms with Gasteiger partial charge >= 0.3 is 12.1 Å². The number of rotatable bonds is 11. The maximum atomic E-state index is 13.6. The first-order valence-electron chi connectivity index (χ1n) is 13.9. The number of carbonyl (C=O) groups excluding carboxylic acids is 1. The maximum absolute atomic E-state index is 13.6. The van der Waals surface area contributed by atoms with Crippen molar-refractivity contribution in [2.24, 2.45) is 0 Å². The predicted octanol–water partition coefficient (Wildman–Crippen LogP) is 5.17. The van der Waals surface area contributed by atoms with Crippen LogP contribution in [0, 0.1) is 0 Å². The molecule has 2 fully saturated rings. The Morgan fingerprint density at radius 3 is 2.14 bits per heavy atom. The maximum Gasteiger partial charge on any atom is 0.407 e. The molecule has 2 aromatic rings. The molecule has 3 amide bonds. The molecule has 0 aromatic heterocycles. The van der Waals surface area contributed by atoms with E-state index in [1.165, 1.54) is 10.5 Å².